The lowest BCUT2D eigenvalue weighted by molar-refractivity contribution is -0.250. The first-order valence-corrected chi connectivity index (χ1v) is 7.09. The van der Waals surface area contributed by atoms with Gasteiger partial charge in [-0.05, 0) is 12.8 Å². The molecule has 4 nitrogen and oxygen atoms in total. The van der Waals surface area contributed by atoms with Crippen LogP contribution in [0.1, 0.15) is 40.5 Å². The van der Waals surface area contributed by atoms with Crippen molar-refractivity contribution < 1.29 is 19.7 Å². The lowest BCUT2D eigenvalue weighted by atomic mass is 9.58. The van der Waals surface area contributed by atoms with E-state index in [9.17, 15) is 10.2 Å². The molecule has 0 aromatic carbocycles. The normalized spacial score (nSPS) is 38.9. The Morgan fingerprint density at radius 1 is 1.26 bits per heavy atom. The van der Waals surface area contributed by atoms with E-state index in [1.165, 1.54) is 0 Å². The first-order valence-electron chi connectivity index (χ1n) is 7.09. The summed E-state index contributed by atoms with van der Waals surface area (Å²) in [5.41, 5.74) is -1.33. The Labute approximate surface area is 115 Å². The molecule has 0 aromatic heterocycles. The SMILES string of the molecule is CC(O)/C=C/C1(O)C(C)CC2(CC1(C)C)OCCO2. The molecule has 0 amide bonds. The summed E-state index contributed by atoms with van der Waals surface area (Å²) < 4.78 is 11.6. The predicted molar refractivity (Wildman–Crippen MR) is 72.6 cm³/mol. The van der Waals surface area contributed by atoms with Crippen molar-refractivity contribution in [2.45, 2.75) is 58.0 Å². The molecule has 1 aliphatic heterocycles. The molecule has 0 radical (unpaired) electrons. The summed E-state index contributed by atoms with van der Waals surface area (Å²) in [5, 5.41) is 20.5. The van der Waals surface area contributed by atoms with E-state index in [2.05, 4.69) is 0 Å². The zero-order valence-electron chi connectivity index (χ0n) is 12.3. The molecule has 19 heavy (non-hydrogen) atoms. The van der Waals surface area contributed by atoms with E-state index in [1.54, 1.807) is 19.1 Å². The summed E-state index contributed by atoms with van der Waals surface area (Å²) in [6, 6.07) is 0. The molecule has 2 aliphatic rings. The first-order chi connectivity index (χ1) is 8.71. The van der Waals surface area contributed by atoms with Crippen LogP contribution < -0.4 is 0 Å². The minimum Gasteiger partial charge on any atom is -0.389 e. The minimum atomic E-state index is -0.954. The second-order valence-electron chi connectivity index (χ2n) is 6.70. The standard InChI is InChI=1S/C15H26O4/c1-11-9-14(18-7-8-19-14)10-13(3,4)15(11,17)6-5-12(2)16/h5-6,11-12,16-17H,7-10H2,1-4H3/b6-5+. The van der Waals surface area contributed by atoms with Crippen LogP contribution in [0.2, 0.25) is 0 Å². The zero-order valence-corrected chi connectivity index (χ0v) is 12.3. The largest absolute Gasteiger partial charge is 0.389 e. The molecule has 4 heteroatoms. The van der Waals surface area contributed by atoms with Crippen LogP contribution in [-0.4, -0.2) is 40.9 Å². The van der Waals surface area contributed by atoms with E-state index in [0.717, 1.165) is 0 Å². The van der Waals surface area contributed by atoms with Crippen LogP contribution in [0.4, 0.5) is 0 Å². The summed E-state index contributed by atoms with van der Waals surface area (Å²) >= 11 is 0. The highest BCUT2D eigenvalue weighted by Gasteiger charge is 2.58. The van der Waals surface area contributed by atoms with Gasteiger partial charge in [0.2, 0.25) is 0 Å². The molecule has 3 unspecified atom stereocenters. The topological polar surface area (TPSA) is 58.9 Å². The number of rotatable bonds is 2. The van der Waals surface area contributed by atoms with Gasteiger partial charge in [0.15, 0.2) is 5.79 Å². The fourth-order valence-electron chi connectivity index (χ4n) is 3.57. The Morgan fingerprint density at radius 2 is 1.84 bits per heavy atom. The maximum Gasteiger partial charge on any atom is 0.169 e. The highest BCUT2D eigenvalue weighted by atomic mass is 16.7. The van der Waals surface area contributed by atoms with Crippen molar-refractivity contribution in [1.29, 1.82) is 0 Å². The first kappa shape index (κ1) is 15.0. The van der Waals surface area contributed by atoms with Gasteiger partial charge in [0, 0.05) is 18.3 Å². The van der Waals surface area contributed by atoms with Crippen molar-refractivity contribution >= 4 is 0 Å². The van der Waals surface area contributed by atoms with Gasteiger partial charge >= 0.3 is 0 Å². The second kappa shape index (κ2) is 4.85. The van der Waals surface area contributed by atoms with Gasteiger partial charge in [0.25, 0.3) is 0 Å². The molecule has 0 aromatic rings. The fourth-order valence-corrected chi connectivity index (χ4v) is 3.57. The van der Waals surface area contributed by atoms with Crippen molar-refractivity contribution in [2.75, 3.05) is 13.2 Å². The van der Waals surface area contributed by atoms with Gasteiger partial charge in [0.1, 0.15) is 0 Å². The summed E-state index contributed by atoms with van der Waals surface area (Å²) in [6.07, 6.45) is 4.20. The van der Waals surface area contributed by atoms with Crippen LogP contribution in [-0.2, 0) is 9.47 Å². The minimum absolute atomic E-state index is 0.00403. The molecule has 1 saturated carbocycles. The predicted octanol–water partition coefficient (Wildman–Crippen LogP) is 1.85. The molecule has 0 bridgehead atoms. The van der Waals surface area contributed by atoms with Crippen LogP contribution in [0.25, 0.3) is 0 Å². The maximum absolute atomic E-state index is 11.1. The van der Waals surface area contributed by atoms with E-state index in [1.807, 2.05) is 20.8 Å². The van der Waals surface area contributed by atoms with Gasteiger partial charge in [0.05, 0.1) is 24.9 Å². The molecular formula is C15H26O4. The third kappa shape index (κ3) is 2.59. The number of hydrogen-bond acceptors (Lipinski definition) is 4. The zero-order chi connectivity index (χ0) is 14.3. The third-order valence-corrected chi connectivity index (χ3v) is 4.61. The van der Waals surface area contributed by atoms with Crippen LogP contribution in [0.15, 0.2) is 12.2 Å². The molecular weight excluding hydrogens is 244 g/mol. The van der Waals surface area contributed by atoms with Gasteiger partial charge in [-0.25, -0.2) is 0 Å². The smallest absolute Gasteiger partial charge is 0.169 e. The Bertz CT molecular complexity index is 355. The molecule has 110 valence electrons. The van der Waals surface area contributed by atoms with Crippen LogP contribution in [0.3, 0.4) is 0 Å². The third-order valence-electron chi connectivity index (χ3n) is 4.61. The number of hydrogen-bond donors (Lipinski definition) is 2. The Hall–Kier alpha value is -0.420. The average molecular weight is 270 g/mol. The average Bonchev–Trinajstić information content (AvgIpc) is 2.71. The molecule has 1 saturated heterocycles. The van der Waals surface area contributed by atoms with Gasteiger partial charge in [-0.2, -0.15) is 0 Å². The maximum atomic E-state index is 11.1. The summed E-state index contributed by atoms with van der Waals surface area (Å²) in [6.45, 7) is 9.02. The molecule has 1 aliphatic carbocycles. The monoisotopic (exact) mass is 270 g/mol. The van der Waals surface area contributed by atoms with E-state index < -0.39 is 17.5 Å². The Morgan fingerprint density at radius 3 is 2.32 bits per heavy atom. The summed E-state index contributed by atoms with van der Waals surface area (Å²) in [7, 11) is 0. The number of aliphatic hydroxyl groups is 2. The second-order valence-corrected chi connectivity index (χ2v) is 6.70. The molecule has 1 spiro atoms. The molecule has 2 rings (SSSR count). The van der Waals surface area contributed by atoms with E-state index >= 15 is 0 Å². The Kier molecular flexibility index (Phi) is 3.82. The van der Waals surface area contributed by atoms with E-state index in [0.29, 0.717) is 26.1 Å². The van der Waals surface area contributed by atoms with Crippen molar-refractivity contribution in [3.05, 3.63) is 12.2 Å². The van der Waals surface area contributed by atoms with Crippen LogP contribution >= 0.6 is 0 Å². The van der Waals surface area contributed by atoms with Crippen molar-refractivity contribution in [2.24, 2.45) is 11.3 Å². The highest BCUT2D eigenvalue weighted by Crippen LogP contribution is 2.54. The molecule has 3 atom stereocenters. The van der Waals surface area contributed by atoms with E-state index in [4.69, 9.17) is 9.47 Å². The Balaban J connectivity index is 2.26. The quantitative estimate of drug-likeness (QED) is 0.752. The van der Waals surface area contributed by atoms with Crippen molar-refractivity contribution in [1.82, 2.24) is 0 Å². The number of ether oxygens (including phenoxy) is 2. The van der Waals surface area contributed by atoms with E-state index in [-0.39, 0.29) is 11.3 Å². The highest BCUT2D eigenvalue weighted by molar-refractivity contribution is 5.16. The van der Waals surface area contributed by atoms with Crippen LogP contribution in [0.5, 0.6) is 0 Å². The van der Waals surface area contributed by atoms with Crippen LogP contribution in [0, 0.1) is 11.3 Å². The van der Waals surface area contributed by atoms with Crippen molar-refractivity contribution in [3.63, 3.8) is 0 Å². The lowest BCUT2D eigenvalue weighted by Crippen LogP contribution is -2.58. The molecule has 2 N–H and O–H groups in total. The fraction of sp³-hybridized carbons (Fsp3) is 0.867. The van der Waals surface area contributed by atoms with Gasteiger partial charge in [-0.3, -0.25) is 0 Å². The lowest BCUT2D eigenvalue weighted by Gasteiger charge is -2.54. The van der Waals surface area contributed by atoms with Crippen molar-refractivity contribution in [3.8, 4) is 0 Å². The molecule has 2 fully saturated rings. The van der Waals surface area contributed by atoms with Gasteiger partial charge < -0.3 is 19.7 Å². The van der Waals surface area contributed by atoms with Gasteiger partial charge in [-0.15, -0.1) is 0 Å². The summed E-state index contributed by atoms with van der Waals surface area (Å²) in [5.74, 6) is -0.530. The van der Waals surface area contributed by atoms with Gasteiger partial charge in [-0.1, -0.05) is 32.9 Å². The summed E-state index contributed by atoms with van der Waals surface area (Å²) in [4.78, 5) is 0. The molecule has 1 heterocycles. The number of aliphatic hydroxyl groups excluding tert-OH is 1.